The third-order valence-electron chi connectivity index (χ3n) is 7.38. The van der Waals surface area contributed by atoms with Gasteiger partial charge in [0, 0.05) is 36.2 Å². The Morgan fingerprint density at radius 2 is 1.77 bits per heavy atom. The number of likely N-dealkylation sites (tertiary alicyclic amines) is 1. The molecule has 3 aromatic rings. The summed E-state index contributed by atoms with van der Waals surface area (Å²) in [7, 11) is 0. The predicted octanol–water partition coefficient (Wildman–Crippen LogP) is 5.48. The zero-order valence-corrected chi connectivity index (χ0v) is 24.1. The van der Waals surface area contributed by atoms with Crippen LogP contribution in [0.2, 0.25) is 0 Å². The quantitative estimate of drug-likeness (QED) is 0.198. The van der Waals surface area contributed by atoms with E-state index in [9.17, 15) is 14.7 Å². The van der Waals surface area contributed by atoms with Crippen molar-refractivity contribution in [2.24, 2.45) is 0 Å². The molecule has 3 aromatic carbocycles. The number of aliphatic hydroxyl groups excluding tert-OH is 1. The van der Waals surface area contributed by atoms with Crippen molar-refractivity contribution in [2.75, 3.05) is 39.4 Å². The van der Waals surface area contributed by atoms with Crippen molar-refractivity contribution in [1.29, 1.82) is 0 Å². The molecule has 0 saturated carbocycles. The largest absolute Gasteiger partial charge is 0.507 e. The number of Topliss-reactive ketones (excluding diaryl/α,β-unsaturated/α-hetero) is 1. The van der Waals surface area contributed by atoms with E-state index in [0.717, 1.165) is 40.8 Å². The molecule has 208 valence electrons. The lowest BCUT2D eigenvalue weighted by Gasteiger charge is -2.29. The maximum Gasteiger partial charge on any atom is 0.295 e. The van der Waals surface area contributed by atoms with Gasteiger partial charge in [0.2, 0.25) is 0 Å². The van der Waals surface area contributed by atoms with Crippen molar-refractivity contribution in [3.05, 3.63) is 105 Å². The first kappa shape index (κ1) is 28.1. The number of ketones is 1. The Hall–Kier alpha value is -3.46. The number of nitrogens with zero attached hydrogens (tertiary/aromatic N) is 2. The van der Waals surface area contributed by atoms with E-state index in [1.165, 1.54) is 0 Å². The minimum atomic E-state index is -0.685. The molecule has 40 heavy (non-hydrogen) atoms. The van der Waals surface area contributed by atoms with E-state index in [2.05, 4.69) is 20.8 Å². The Kier molecular flexibility index (Phi) is 8.99. The number of hydrogen-bond donors (Lipinski definition) is 1. The van der Waals surface area contributed by atoms with Gasteiger partial charge in [-0.1, -0.05) is 58.4 Å². The molecule has 2 aliphatic heterocycles. The lowest BCUT2D eigenvalue weighted by Crippen LogP contribution is -2.38. The molecule has 0 bridgehead atoms. The number of benzene rings is 3. The Balaban J connectivity index is 1.42. The van der Waals surface area contributed by atoms with Crippen LogP contribution in [0.3, 0.4) is 0 Å². The average Bonchev–Trinajstić information content (AvgIpc) is 3.22. The molecule has 7 nitrogen and oxygen atoms in total. The van der Waals surface area contributed by atoms with Crippen molar-refractivity contribution < 1.29 is 24.2 Å². The summed E-state index contributed by atoms with van der Waals surface area (Å²) in [6.45, 7) is 6.62. The lowest BCUT2D eigenvalue weighted by atomic mass is 9.94. The molecule has 8 heteroatoms. The summed E-state index contributed by atoms with van der Waals surface area (Å²) in [5.41, 5.74) is 3.17. The summed E-state index contributed by atoms with van der Waals surface area (Å²) in [6, 6.07) is 22.1. The number of aliphatic hydroxyl groups is 1. The Labute approximate surface area is 243 Å². The normalized spacial score (nSPS) is 19.2. The molecule has 5 rings (SSSR count). The van der Waals surface area contributed by atoms with E-state index in [-0.39, 0.29) is 11.3 Å². The van der Waals surface area contributed by atoms with E-state index in [4.69, 9.17) is 9.47 Å². The van der Waals surface area contributed by atoms with Crippen LogP contribution in [0.25, 0.3) is 5.76 Å². The van der Waals surface area contributed by atoms with Crippen LogP contribution < -0.4 is 4.74 Å². The number of amides is 1. The molecule has 2 aliphatic rings. The zero-order valence-electron chi connectivity index (χ0n) is 22.5. The summed E-state index contributed by atoms with van der Waals surface area (Å²) in [5, 5.41) is 11.5. The number of carbonyl (C=O) groups is 2. The molecule has 0 radical (unpaired) electrons. The highest BCUT2D eigenvalue weighted by Crippen LogP contribution is 2.41. The molecule has 1 amide bonds. The van der Waals surface area contributed by atoms with Gasteiger partial charge in [0.25, 0.3) is 11.7 Å². The Bertz CT molecular complexity index is 1400. The fourth-order valence-electron chi connectivity index (χ4n) is 5.30. The van der Waals surface area contributed by atoms with E-state index < -0.39 is 17.7 Å². The number of rotatable bonds is 9. The second kappa shape index (κ2) is 12.8. The number of ether oxygens (including phenoxy) is 2. The molecule has 2 saturated heterocycles. The number of halogens is 1. The van der Waals surface area contributed by atoms with Crippen LogP contribution in [-0.2, 0) is 20.9 Å². The molecule has 2 heterocycles. The van der Waals surface area contributed by atoms with Crippen LogP contribution in [0.5, 0.6) is 5.75 Å². The third kappa shape index (κ3) is 6.30. The number of hydrogen-bond acceptors (Lipinski definition) is 6. The average molecular weight is 606 g/mol. The van der Waals surface area contributed by atoms with E-state index >= 15 is 0 Å². The first-order chi connectivity index (χ1) is 19.4. The predicted molar refractivity (Wildman–Crippen MR) is 157 cm³/mol. The minimum Gasteiger partial charge on any atom is -0.507 e. The summed E-state index contributed by atoms with van der Waals surface area (Å²) in [4.78, 5) is 30.7. The SMILES string of the molecule is Cc1cc(OCc2ccccc2)ccc1C(O)=C1C(=O)C(=O)N(CCCN2CCOCC2)C1c1cccc(Br)c1. The topological polar surface area (TPSA) is 79.3 Å². The van der Waals surface area contributed by atoms with Crippen LogP contribution in [-0.4, -0.2) is 66.0 Å². The maximum absolute atomic E-state index is 13.4. The van der Waals surface area contributed by atoms with Crippen LogP contribution in [0.15, 0.2) is 82.8 Å². The van der Waals surface area contributed by atoms with Crippen LogP contribution in [0.1, 0.15) is 34.7 Å². The first-order valence-corrected chi connectivity index (χ1v) is 14.3. The molecule has 0 aromatic heterocycles. The van der Waals surface area contributed by atoms with Crippen molar-refractivity contribution in [2.45, 2.75) is 26.0 Å². The number of morpholine rings is 1. The summed E-state index contributed by atoms with van der Waals surface area (Å²) < 4.78 is 12.2. The van der Waals surface area contributed by atoms with Crippen LogP contribution in [0, 0.1) is 6.92 Å². The molecule has 1 unspecified atom stereocenters. The molecule has 0 aliphatic carbocycles. The van der Waals surface area contributed by atoms with Crippen molar-refractivity contribution in [1.82, 2.24) is 9.80 Å². The van der Waals surface area contributed by atoms with Gasteiger partial charge in [0.1, 0.15) is 18.1 Å². The second-order valence-corrected chi connectivity index (χ2v) is 11.0. The zero-order chi connectivity index (χ0) is 28.1. The van der Waals surface area contributed by atoms with E-state index in [0.29, 0.717) is 44.1 Å². The highest BCUT2D eigenvalue weighted by Gasteiger charge is 2.46. The van der Waals surface area contributed by atoms with Gasteiger partial charge in [0.15, 0.2) is 0 Å². The highest BCUT2D eigenvalue weighted by molar-refractivity contribution is 9.10. The molecule has 0 spiro atoms. The standard InChI is InChI=1S/C32H33BrN2O5/c1-22-19-26(40-21-23-7-3-2-4-8-23)11-12-27(22)30(36)28-29(24-9-5-10-25(33)20-24)35(32(38)31(28)37)14-6-13-34-15-17-39-18-16-34/h2-5,7-12,19-20,29,36H,6,13-18,21H2,1H3. The number of aryl methyl sites for hydroxylation is 1. The van der Waals surface area contributed by atoms with Gasteiger partial charge in [-0.05, 0) is 60.4 Å². The second-order valence-electron chi connectivity index (χ2n) is 10.1. The van der Waals surface area contributed by atoms with Gasteiger partial charge in [0.05, 0.1) is 24.8 Å². The Morgan fingerprint density at radius 1 is 1.00 bits per heavy atom. The van der Waals surface area contributed by atoms with E-state index in [1.807, 2.05) is 67.6 Å². The maximum atomic E-state index is 13.4. The van der Waals surface area contributed by atoms with Crippen molar-refractivity contribution >= 4 is 33.4 Å². The van der Waals surface area contributed by atoms with Gasteiger partial charge in [-0.25, -0.2) is 0 Å². The van der Waals surface area contributed by atoms with Crippen LogP contribution in [0.4, 0.5) is 0 Å². The summed E-state index contributed by atoms with van der Waals surface area (Å²) in [5.74, 6) is -0.775. The van der Waals surface area contributed by atoms with Gasteiger partial charge in [-0.3, -0.25) is 14.5 Å². The smallest absolute Gasteiger partial charge is 0.295 e. The molecule has 1 N–H and O–H groups in total. The number of carbonyl (C=O) groups excluding carboxylic acids is 2. The van der Waals surface area contributed by atoms with Gasteiger partial charge in [-0.15, -0.1) is 0 Å². The summed E-state index contributed by atoms with van der Waals surface area (Å²) in [6.07, 6.45) is 0.712. The molecular formula is C32H33BrN2O5. The lowest BCUT2D eigenvalue weighted by molar-refractivity contribution is -0.140. The van der Waals surface area contributed by atoms with Crippen LogP contribution >= 0.6 is 15.9 Å². The van der Waals surface area contributed by atoms with Gasteiger partial charge < -0.3 is 19.5 Å². The van der Waals surface area contributed by atoms with Crippen molar-refractivity contribution in [3.63, 3.8) is 0 Å². The highest BCUT2D eigenvalue weighted by atomic mass is 79.9. The molecule has 1 atom stereocenters. The van der Waals surface area contributed by atoms with E-state index in [1.54, 1.807) is 17.0 Å². The third-order valence-corrected chi connectivity index (χ3v) is 7.88. The van der Waals surface area contributed by atoms with Gasteiger partial charge in [-0.2, -0.15) is 0 Å². The Morgan fingerprint density at radius 3 is 2.50 bits per heavy atom. The molecule has 2 fully saturated rings. The molecular weight excluding hydrogens is 572 g/mol. The first-order valence-electron chi connectivity index (χ1n) is 13.5. The summed E-state index contributed by atoms with van der Waals surface area (Å²) >= 11 is 3.52. The fourth-order valence-corrected chi connectivity index (χ4v) is 5.72. The van der Waals surface area contributed by atoms with Gasteiger partial charge >= 0.3 is 0 Å². The minimum absolute atomic E-state index is 0.107. The monoisotopic (exact) mass is 604 g/mol. The van der Waals surface area contributed by atoms with Crippen molar-refractivity contribution in [3.8, 4) is 5.75 Å². The fraction of sp³-hybridized carbons (Fsp3) is 0.312.